The number of hydrogen-bond donors (Lipinski definition) is 6. The van der Waals surface area contributed by atoms with E-state index in [2.05, 4.69) is 24.9 Å². The number of carbonyl (C=O) groups is 6. The van der Waals surface area contributed by atoms with E-state index < -0.39 is 29.1 Å². The number of nitrogens with two attached hydrogens (primary N) is 2. The van der Waals surface area contributed by atoms with Crippen molar-refractivity contribution < 1.29 is 58.0 Å². The van der Waals surface area contributed by atoms with Gasteiger partial charge in [-0.2, -0.15) is 0 Å². The minimum Gasteiger partial charge on any atom is -0.472 e. The van der Waals surface area contributed by atoms with Gasteiger partial charge in [0, 0.05) is 119 Å². The predicted octanol–water partition coefficient (Wildman–Crippen LogP) is 14.9. The van der Waals surface area contributed by atoms with E-state index >= 15 is 0 Å². The summed E-state index contributed by atoms with van der Waals surface area (Å²) < 4.78 is 18.0. The van der Waals surface area contributed by atoms with Crippen molar-refractivity contribution in [2.45, 2.75) is 126 Å². The molecular formula is C97H106FN7O11. The molecule has 6 heterocycles. The van der Waals surface area contributed by atoms with Crippen LogP contribution in [0.1, 0.15) is 147 Å². The second kappa shape index (κ2) is 51.7. The van der Waals surface area contributed by atoms with Crippen molar-refractivity contribution >= 4 is 34.7 Å². The van der Waals surface area contributed by atoms with Crippen LogP contribution in [-0.4, -0.2) is 120 Å². The average molecular weight is 1560 g/mol. The Morgan fingerprint density at radius 2 is 0.759 bits per heavy atom. The number of aryl methyl sites for hydroxylation is 7. The maximum absolute atomic E-state index is 13.0. The highest BCUT2D eigenvalue weighted by atomic mass is 19.1. The quantitative estimate of drug-likeness (QED) is 0.0212. The molecule has 0 aliphatic carbocycles. The Hall–Kier alpha value is -11.9. The number of pyridine rings is 5. The number of carbonyl (C=O) groups excluding carboxylic acids is 6. The summed E-state index contributed by atoms with van der Waals surface area (Å²) in [7, 11) is 0. The highest BCUT2D eigenvalue weighted by Gasteiger charge is 2.33. The van der Waals surface area contributed by atoms with Crippen LogP contribution in [0.5, 0.6) is 0 Å². The Balaban J connectivity index is 0.000000193. The number of Topliss-reactive ketones (excluding diaryl/α,β-unsaturated/α-hetero) is 6. The van der Waals surface area contributed by atoms with Gasteiger partial charge in [0.1, 0.15) is 40.5 Å². The molecule has 18 nitrogen and oxygen atoms in total. The van der Waals surface area contributed by atoms with Gasteiger partial charge >= 0.3 is 0 Å². The van der Waals surface area contributed by atoms with Crippen molar-refractivity contribution in [3.8, 4) is 0 Å². The Labute approximate surface area is 680 Å². The summed E-state index contributed by atoms with van der Waals surface area (Å²) in [5.74, 6) is -1.82. The molecule has 0 aliphatic heterocycles. The first-order chi connectivity index (χ1) is 56.5. The van der Waals surface area contributed by atoms with Crippen LogP contribution < -0.4 is 11.5 Å². The van der Waals surface area contributed by atoms with E-state index in [-0.39, 0.29) is 79.4 Å². The number of aromatic nitrogens is 5. The molecule has 0 spiro atoms. The van der Waals surface area contributed by atoms with E-state index in [0.717, 1.165) is 79.7 Å². The zero-order valence-electron chi connectivity index (χ0n) is 66.0. The molecule has 0 radical (unpaired) electrons. The third kappa shape index (κ3) is 31.1. The second-order valence-electron chi connectivity index (χ2n) is 27.9. The molecular weight excluding hydrogens is 1460 g/mol. The molecule has 6 aromatic heterocycles. The normalized spacial score (nSPS) is 12.4. The first kappa shape index (κ1) is 91.2. The van der Waals surface area contributed by atoms with Gasteiger partial charge in [-0.25, -0.2) is 4.39 Å². The summed E-state index contributed by atoms with van der Waals surface area (Å²) in [6, 6.07) is 75.5. The largest absolute Gasteiger partial charge is 0.472 e. The van der Waals surface area contributed by atoms with Crippen molar-refractivity contribution in [3.05, 3.63) is 389 Å². The number of benzene rings is 6. The number of hydrogen-bond acceptors (Lipinski definition) is 18. The Morgan fingerprint density at radius 3 is 1.14 bits per heavy atom. The van der Waals surface area contributed by atoms with Crippen LogP contribution in [0.4, 0.5) is 4.39 Å². The lowest BCUT2D eigenvalue weighted by atomic mass is 9.77. The molecule has 6 aromatic carbocycles. The van der Waals surface area contributed by atoms with Crippen molar-refractivity contribution in [2.24, 2.45) is 11.5 Å². The highest BCUT2D eigenvalue weighted by molar-refractivity contribution is 5.91. The van der Waals surface area contributed by atoms with E-state index in [1.165, 1.54) is 30.2 Å². The Morgan fingerprint density at radius 1 is 0.379 bits per heavy atom. The van der Waals surface area contributed by atoms with Gasteiger partial charge < -0.3 is 36.3 Å². The van der Waals surface area contributed by atoms with Gasteiger partial charge in [-0.1, -0.05) is 170 Å². The van der Waals surface area contributed by atoms with E-state index in [1.54, 1.807) is 98.2 Å². The molecule has 0 aliphatic rings. The highest BCUT2D eigenvalue weighted by Crippen LogP contribution is 2.28. The van der Waals surface area contributed by atoms with Gasteiger partial charge in [-0.15, -0.1) is 0 Å². The van der Waals surface area contributed by atoms with Crippen LogP contribution in [0.15, 0.2) is 315 Å². The monoisotopic (exact) mass is 1560 g/mol. The third-order valence-corrected chi connectivity index (χ3v) is 20.0. The van der Waals surface area contributed by atoms with E-state index in [4.69, 9.17) is 15.9 Å². The summed E-state index contributed by atoms with van der Waals surface area (Å²) in [5, 5.41) is 37.6. The fourth-order valence-electron chi connectivity index (χ4n) is 12.9. The van der Waals surface area contributed by atoms with Gasteiger partial charge in [-0.3, -0.25) is 53.7 Å². The molecule has 0 saturated carbocycles. The molecule has 8 N–H and O–H groups in total. The van der Waals surface area contributed by atoms with Crippen LogP contribution in [0.25, 0.3) is 0 Å². The summed E-state index contributed by atoms with van der Waals surface area (Å²) >= 11 is 0. The molecule has 0 amide bonds. The lowest BCUT2D eigenvalue weighted by Crippen LogP contribution is -2.40. The molecule has 12 rings (SSSR count). The number of nitrogens with zero attached hydrogens (tertiary/aromatic N) is 5. The van der Waals surface area contributed by atoms with Crippen molar-refractivity contribution in [2.75, 3.05) is 39.5 Å². The summed E-state index contributed by atoms with van der Waals surface area (Å²) in [6.45, 7) is 3.70. The summed E-state index contributed by atoms with van der Waals surface area (Å²) in [6.07, 6.45) is 24.9. The SMILES string of the molecule is C[C@@](CN)(C(=O)CCc1cccnc1)c1ccc(F)cc1.Cc1ccccc1C(CO)C(=O)CCc1ccccc1.NC[C@@H](C(=O)CCc1ccccc1)c1ccncc1.O=C(CCc1ccccc1)[C@@H](CO)c1ccncc1.O=C(CCc1ccccc1)[C@H](CO)c1ccncc1.O=C(CCc1ccccn1)[C@@H](CO)c1ccoc1. The van der Waals surface area contributed by atoms with Crippen LogP contribution in [0.2, 0.25) is 0 Å². The van der Waals surface area contributed by atoms with Gasteiger partial charge in [0.05, 0.1) is 74.0 Å². The van der Waals surface area contributed by atoms with Gasteiger partial charge in [-0.05, 0) is 186 Å². The van der Waals surface area contributed by atoms with E-state index in [1.807, 2.05) is 202 Å². The smallest absolute Gasteiger partial charge is 0.144 e. The average Bonchev–Trinajstić information content (AvgIpc) is 0.940. The molecule has 1 unspecified atom stereocenters. The maximum Gasteiger partial charge on any atom is 0.144 e. The first-order valence-corrected chi connectivity index (χ1v) is 39.0. The number of furan rings is 1. The fraction of sp³-hybridized carbons (Fsp3) is 0.268. The molecule has 19 heteroatoms. The molecule has 12 aromatic rings. The fourth-order valence-corrected chi connectivity index (χ4v) is 12.9. The minimum atomic E-state index is -0.782. The Kier molecular flexibility index (Phi) is 40.7. The number of halogens is 1. The molecule has 116 heavy (non-hydrogen) atoms. The molecule has 0 saturated heterocycles. The van der Waals surface area contributed by atoms with Crippen LogP contribution in [-0.2, 0) is 72.7 Å². The number of ketones is 6. The molecule has 6 atom stereocenters. The van der Waals surface area contributed by atoms with Crippen LogP contribution in [0, 0.1) is 12.7 Å². The topological polar surface area (TPSA) is 313 Å². The van der Waals surface area contributed by atoms with E-state index in [9.17, 15) is 53.6 Å². The summed E-state index contributed by atoms with van der Waals surface area (Å²) in [5.41, 5.74) is 23.4. The zero-order chi connectivity index (χ0) is 83.0. The van der Waals surface area contributed by atoms with Crippen LogP contribution in [0.3, 0.4) is 0 Å². The number of aliphatic hydroxyl groups is 4. The summed E-state index contributed by atoms with van der Waals surface area (Å²) in [4.78, 5) is 93.5. The third-order valence-electron chi connectivity index (χ3n) is 20.0. The molecule has 0 fully saturated rings. The molecule has 602 valence electrons. The van der Waals surface area contributed by atoms with Crippen molar-refractivity contribution in [1.82, 2.24) is 24.9 Å². The van der Waals surface area contributed by atoms with Gasteiger partial charge in [0.2, 0.25) is 0 Å². The second-order valence-corrected chi connectivity index (χ2v) is 27.9. The standard InChI is InChI=1S/C18H20O2.C17H19FN2O.C16H18N2O.2C16H17NO2.C14H15NO3/c1-14-7-5-6-10-16(14)17(13-19)18(20)12-11-15-8-3-2-4-9-15;1-17(12-19,14-5-7-15(18)8-6-14)16(21)9-4-13-3-2-10-20-11-13;17-12-15(14-8-10-18-11-9-14)16(19)7-6-13-4-2-1-3-5-13;2*18-12-15(14-8-10-17-11-9-14)16(19)7-6-13-4-2-1-3-5-13;16-9-13(11-6-8-18-10-11)14(17)5-4-12-3-1-2-7-15-12/h2-10,17,19H,11-13H2,1H3;2-3,5-8,10-11H,4,9,12,19H2,1H3;1-5,8-11,15H,6-7,12,17H2;2*1-5,8-11,15,18H,6-7,12H2;1-3,6-8,10,13,16H,4-5,9H2/t;17-;3*15-;13-/m.01100/s1. The van der Waals surface area contributed by atoms with Crippen LogP contribution >= 0.6 is 0 Å². The van der Waals surface area contributed by atoms with Crippen molar-refractivity contribution in [1.29, 1.82) is 0 Å². The lowest BCUT2D eigenvalue weighted by Gasteiger charge is -2.27. The molecule has 0 bridgehead atoms. The van der Waals surface area contributed by atoms with E-state index in [0.29, 0.717) is 70.8 Å². The zero-order valence-corrected chi connectivity index (χ0v) is 66.0. The predicted molar refractivity (Wildman–Crippen MR) is 451 cm³/mol. The van der Waals surface area contributed by atoms with Crippen molar-refractivity contribution in [3.63, 3.8) is 0 Å². The lowest BCUT2D eigenvalue weighted by molar-refractivity contribution is -0.124. The Bertz CT molecular complexity index is 4510. The van der Waals surface area contributed by atoms with Gasteiger partial charge in [0.25, 0.3) is 0 Å². The number of aliphatic hydroxyl groups excluding tert-OH is 4. The maximum atomic E-state index is 13.0. The number of rotatable bonds is 36. The first-order valence-electron chi connectivity index (χ1n) is 39.0. The van der Waals surface area contributed by atoms with Gasteiger partial charge in [0.15, 0.2) is 0 Å². The minimum absolute atomic E-state index is 0.00422.